The van der Waals surface area contributed by atoms with E-state index in [1.165, 1.54) is 24.5 Å². The van der Waals surface area contributed by atoms with Gasteiger partial charge in [-0.15, -0.1) is 0 Å². The van der Waals surface area contributed by atoms with Gasteiger partial charge in [0, 0.05) is 24.0 Å². The molecule has 1 N–H and O–H groups in total. The van der Waals surface area contributed by atoms with Gasteiger partial charge in [-0.2, -0.15) is 0 Å². The Kier molecular flexibility index (Phi) is 4.26. The Balaban J connectivity index is 2.06. The van der Waals surface area contributed by atoms with Crippen LogP contribution >= 0.6 is 15.9 Å². The van der Waals surface area contributed by atoms with Crippen LogP contribution in [-0.4, -0.2) is 26.0 Å². The summed E-state index contributed by atoms with van der Waals surface area (Å²) in [5, 5.41) is 11.2. The number of non-ortho nitro benzene ring substituents is 1. The summed E-state index contributed by atoms with van der Waals surface area (Å²) < 4.78 is 19.5. The van der Waals surface area contributed by atoms with E-state index in [1.54, 1.807) is 0 Å². The third-order valence-corrected chi connectivity index (χ3v) is 3.81. The van der Waals surface area contributed by atoms with Crippen molar-refractivity contribution >= 4 is 38.4 Å². The summed E-state index contributed by atoms with van der Waals surface area (Å²) in [7, 11) is 0. The molecule has 2 aromatic heterocycles. The number of ether oxygens (including phenoxy) is 1. The Labute approximate surface area is 142 Å². The Bertz CT molecular complexity index is 957. The number of aromatic nitrogens is 2. The number of fused-ring (bicyclic) bond motifs is 1. The summed E-state index contributed by atoms with van der Waals surface area (Å²) in [5.74, 6) is -1.04. The van der Waals surface area contributed by atoms with Crippen LogP contribution in [-0.2, 0) is 0 Å². The van der Waals surface area contributed by atoms with Crippen molar-refractivity contribution in [1.29, 1.82) is 0 Å². The zero-order chi connectivity index (χ0) is 17.3. The van der Waals surface area contributed by atoms with Crippen molar-refractivity contribution in [2.75, 3.05) is 5.33 Å². The summed E-state index contributed by atoms with van der Waals surface area (Å²) in [5.41, 5.74) is 0.392. The lowest BCUT2D eigenvalue weighted by Gasteiger charge is -2.08. The predicted octanol–water partition coefficient (Wildman–Crippen LogP) is 3.98. The monoisotopic (exact) mass is 393 g/mol. The summed E-state index contributed by atoms with van der Waals surface area (Å²) in [6.45, 7) is 0. The number of hydrogen-bond acceptors (Lipinski definition) is 5. The number of carbonyl (C=O) groups is 1. The number of hydrogen-bond donors (Lipinski definition) is 1. The van der Waals surface area contributed by atoms with Crippen molar-refractivity contribution in [3.05, 3.63) is 58.2 Å². The van der Waals surface area contributed by atoms with Crippen molar-refractivity contribution in [3.63, 3.8) is 0 Å². The van der Waals surface area contributed by atoms with E-state index in [9.17, 15) is 19.3 Å². The normalized spacial score (nSPS) is 10.8. The first kappa shape index (κ1) is 16.1. The van der Waals surface area contributed by atoms with Gasteiger partial charge in [-0.05, 0) is 12.1 Å². The molecule has 122 valence electrons. The first-order chi connectivity index (χ1) is 11.5. The van der Waals surface area contributed by atoms with E-state index in [-0.39, 0.29) is 28.3 Å². The number of alkyl halides is 1. The van der Waals surface area contributed by atoms with Crippen molar-refractivity contribution in [3.8, 4) is 11.5 Å². The molecular weight excluding hydrogens is 385 g/mol. The van der Waals surface area contributed by atoms with Crippen LogP contribution in [0.2, 0.25) is 0 Å². The van der Waals surface area contributed by atoms with Gasteiger partial charge in [0.05, 0.1) is 21.7 Å². The van der Waals surface area contributed by atoms with Gasteiger partial charge in [0.15, 0.2) is 17.3 Å². The van der Waals surface area contributed by atoms with Gasteiger partial charge < -0.3 is 9.72 Å². The highest BCUT2D eigenvalue weighted by Gasteiger charge is 2.18. The molecule has 0 saturated heterocycles. The molecule has 0 atom stereocenters. The number of nitrogens with one attached hydrogen (secondary N) is 1. The highest BCUT2D eigenvalue weighted by Crippen LogP contribution is 2.33. The van der Waals surface area contributed by atoms with Crippen molar-refractivity contribution in [2.24, 2.45) is 0 Å². The van der Waals surface area contributed by atoms with Crippen molar-refractivity contribution in [2.45, 2.75) is 0 Å². The highest BCUT2D eigenvalue weighted by atomic mass is 79.9. The van der Waals surface area contributed by atoms with Gasteiger partial charge in [-0.25, -0.2) is 9.37 Å². The number of ketones is 1. The van der Waals surface area contributed by atoms with E-state index in [4.69, 9.17) is 4.74 Å². The van der Waals surface area contributed by atoms with Gasteiger partial charge in [0.1, 0.15) is 11.4 Å². The number of pyridine rings is 1. The molecule has 0 radical (unpaired) electrons. The second-order valence-corrected chi connectivity index (χ2v) is 5.33. The molecular formula is C15H9BrFN3O4. The summed E-state index contributed by atoms with van der Waals surface area (Å²) in [6, 6.07) is 4.56. The molecule has 0 spiro atoms. The lowest BCUT2D eigenvalue weighted by molar-refractivity contribution is -0.385. The van der Waals surface area contributed by atoms with E-state index in [2.05, 4.69) is 25.9 Å². The molecule has 3 aromatic rings. The quantitative estimate of drug-likeness (QED) is 0.306. The Hall–Kier alpha value is -2.81. The van der Waals surface area contributed by atoms with E-state index >= 15 is 0 Å². The fourth-order valence-electron chi connectivity index (χ4n) is 2.21. The standard InChI is InChI=1S/C15H9BrFN3O4/c16-6-11(21)9-7-19-15-14(9)13(3-4-18-15)24-12-2-1-8(20(22)23)5-10(12)17/h1-5,7H,6H2,(H,18,19). The first-order valence-corrected chi connectivity index (χ1v) is 7.80. The molecule has 0 aliphatic rings. The van der Waals surface area contributed by atoms with Crippen LogP contribution in [0.25, 0.3) is 11.0 Å². The van der Waals surface area contributed by atoms with Gasteiger partial charge in [0.25, 0.3) is 5.69 Å². The predicted molar refractivity (Wildman–Crippen MR) is 87.3 cm³/mol. The van der Waals surface area contributed by atoms with Crippen LogP contribution in [0.4, 0.5) is 10.1 Å². The second-order valence-electron chi connectivity index (χ2n) is 4.77. The van der Waals surface area contributed by atoms with Gasteiger partial charge in [0.2, 0.25) is 0 Å². The number of Topliss-reactive ketones (excluding diaryl/α,β-unsaturated/α-hetero) is 1. The first-order valence-electron chi connectivity index (χ1n) is 6.68. The number of halogens is 2. The Morgan fingerprint density at radius 3 is 2.83 bits per heavy atom. The maximum atomic E-state index is 14.0. The van der Waals surface area contributed by atoms with Gasteiger partial charge in [-0.1, -0.05) is 15.9 Å². The summed E-state index contributed by atoms with van der Waals surface area (Å²) >= 11 is 3.10. The molecule has 0 aliphatic carbocycles. The third-order valence-electron chi connectivity index (χ3n) is 3.30. The van der Waals surface area contributed by atoms with E-state index in [0.717, 1.165) is 12.1 Å². The maximum Gasteiger partial charge on any atom is 0.272 e. The summed E-state index contributed by atoms with van der Waals surface area (Å²) in [6.07, 6.45) is 2.94. The highest BCUT2D eigenvalue weighted by molar-refractivity contribution is 9.09. The Morgan fingerprint density at radius 1 is 1.38 bits per heavy atom. The molecule has 0 bridgehead atoms. The fourth-order valence-corrected chi connectivity index (χ4v) is 2.51. The minimum atomic E-state index is -0.877. The zero-order valence-corrected chi connectivity index (χ0v) is 13.5. The fraction of sp³-hybridized carbons (Fsp3) is 0.0667. The van der Waals surface area contributed by atoms with Crippen LogP contribution in [0.5, 0.6) is 11.5 Å². The van der Waals surface area contributed by atoms with E-state index in [1.807, 2.05) is 0 Å². The molecule has 24 heavy (non-hydrogen) atoms. The lowest BCUT2D eigenvalue weighted by Crippen LogP contribution is -1.99. The van der Waals surface area contributed by atoms with Crippen LogP contribution in [0, 0.1) is 15.9 Å². The maximum absolute atomic E-state index is 14.0. The number of aromatic amines is 1. The molecule has 7 nitrogen and oxygen atoms in total. The van der Waals surface area contributed by atoms with E-state index < -0.39 is 10.7 Å². The number of nitro benzene ring substituents is 1. The third kappa shape index (κ3) is 2.85. The largest absolute Gasteiger partial charge is 0.453 e. The number of nitro groups is 1. The molecule has 0 amide bonds. The van der Waals surface area contributed by atoms with Gasteiger partial charge in [-0.3, -0.25) is 14.9 Å². The smallest absolute Gasteiger partial charge is 0.272 e. The average Bonchev–Trinajstić information content (AvgIpc) is 3.01. The van der Waals surface area contributed by atoms with Crippen molar-refractivity contribution < 1.29 is 18.8 Å². The molecule has 1 aromatic carbocycles. The molecule has 3 rings (SSSR count). The van der Waals surface area contributed by atoms with Crippen LogP contribution in [0.15, 0.2) is 36.7 Å². The SMILES string of the molecule is O=C(CBr)c1c[nH]c2nccc(Oc3ccc([N+](=O)[O-])cc3F)c12. The second kappa shape index (κ2) is 6.36. The minimum Gasteiger partial charge on any atom is -0.453 e. The number of carbonyl (C=O) groups excluding carboxylic acids is 1. The number of nitrogens with zero attached hydrogens (tertiary/aromatic N) is 2. The molecule has 9 heteroatoms. The lowest BCUT2D eigenvalue weighted by atomic mass is 10.1. The van der Waals surface area contributed by atoms with Crippen LogP contribution in [0.3, 0.4) is 0 Å². The van der Waals surface area contributed by atoms with E-state index in [0.29, 0.717) is 16.6 Å². The number of benzene rings is 1. The molecule has 2 heterocycles. The average molecular weight is 394 g/mol. The number of rotatable bonds is 5. The minimum absolute atomic E-state index is 0.111. The topological polar surface area (TPSA) is 98.1 Å². The van der Waals surface area contributed by atoms with Crippen LogP contribution < -0.4 is 4.74 Å². The molecule has 0 saturated carbocycles. The molecule has 0 unspecified atom stereocenters. The number of H-pyrrole nitrogens is 1. The van der Waals surface area contributed by atoms with Crippen molar-refractivity contribution in [1.82, 2.24) is 9.97 Å². The zero-order valence-electron chi connectivity index (χ0n) is 12.0. The van der Waals surface area contributed by atoms with Gasteiger partial charge >= 0.3 is 0 Å². The Morgan fingerprint density at radius 2 is 2.17 bits per heavy atom. The molecule has 0 aliphatic heterocycles. The van der Waals surface area contributed by atoms with Crippen LogP contribution in [0.1, 0.15) is 10.4 Å². The molecule has 0 fully saturated rings. The summed E-state index contributed by atoms with van der Waals surface area (Å²) in [4.78, 5) is 28.9.